The van der Waals surface area contributed by atoms with E-state index in [1.165, 1.54) is 0 Å². The lowest BCUT2D eigenvalue weighted by Gasteiger charge is -1.64. The average Bonchev–Trinajstić information content (AvgIpc) is 1.97. The lowest BCUT2D eigenvalue weighted by atomic mass is 12.4. The standard InChI is InChI=1S/HN9O/c1-2-3-4-5-6-7-8-9-10/h1H/b2-1?,4-3+,6-5+,8-7+. The highest BCUT2D eigenvalue weighted by Gasteiger charge is 1.65. The first kappa shape index (κ1) is 8.00. The number of nitrogens with zero attached hydrogens (tertiary/aromatic N) is 8. The number of hydrogen-bond donors (Lipinski definition) is 1. The van der Waals surface area contributed by atoms with Crippen molar-refractivity contribution in [2.45, 2.75) is 0 Å². The van der Waals surface area contributed by atoms with Gasteiger partial charge in [0.2, 0.25) is 0 Å². The molecule has 0 saturated heterocycles. The van der Waals surface area contributed by atoms with Gasteiger partial charge in [0.05, 0.1) is 0 Å². The van der Waals surface area contributed by atoms with Crippen LogP contribution < -0.4 is 0 Å². The predicted molar refractivity (Wildman–Crippen MR) is 25.5 cm³/mol. The van der Waals surface area contributed by atoms with Crippen molar-refractivity contribution in [2.24, 2.45) is 41.8 Å². The molecule has 1 N–H and O–H groups in total. The monoisotopic (exact) mass is 143 g/mol. The fourth-order valence-corrected chi connectivity index (χ4v) is 0.108. The van der Waals surface area contributed by atoms with Gasteiger partial charge >= 0.3 is 0 Å². The summed E-state index contributed by atoms with van der Waals surface area (Å²) < 4.78 is 0. The number of rotatable bonds is 4. The van der Waals surface area contributed by atoms with Crippen LogP contribution in [-0.4, -0.2) is 0 Å². The van der Waals surface area contributed by atoms with E-state index in [4.69, 9.17) is 5.53 Å². The van der Waals surface area contributed by atoms with Crippen LogP contribution in [0.3, 0.4) is 0 Å². The number of nitroso groups, excluding NO2 is 1. The van der Waals surface area contributed by atoms with Gasteiger partial charge in [-0.3, -0.25) is 0 Å². The second-order valence-corrected chi connectivity index (χ2v) is 0.718. The van der Waals surface area contributed by atoms with Crippen LogP contribution >= 0.6 is 0 Å². The molecule has 0 rings (SSSR count). The molecule has 0 aliphatic carbocycles. The molecule has 10 nitrogen and oxygen atoms in total. The zero-order valence-electron chi connectivity index (χ0n) is 4.49. The fourth-order valence-electron chi connectivity index (χ4n) is 0.108. The van der Waals surface area contributed by atoms with Gasteiger partial charge in [0.1, 0.15) is 5.29 Å². The van der Waals surface area contributed by atoms with E-state index in [0.717, 1.165) is 0 Å². The van der Waals surface area contributed by atoms with Crippen molar-refractivity contribution < 1.29 is 0 Å². The van der Waals surface area contributed by atoms with E-state index in [1.54, 1.807) is 0 Å². The summed E-state index contributed by atoms with van der Waals surface area (Å²) in [6, 6.07) is 0. The average molecular weight is 143 g/mol. The Labute approximate surface area is 53.5 Å². The molecule has 0 aromatic rings. The molecule has 0 saturated carbocycles. The minimum absolute atomic E-state index is 1.98. The van der Waals surface area contributed by atoms with E-state index >= 15 is 0 Å². The van der Waals surface area contributed by atoms with Crippen LogP contribution in [0.25, 0.3) is 0 Å². The van der Waals surface area contributed by atoms with E-state index in [-0.39, 0.29) is 0 Å². The minimum atomic E-state index is 1.98. The summed E-state index contributed by atoms with van der Waals surface area (Å²) in [5, 5.41) is 20.8. The summed E-state index contributed by atoms with van der Waals surface area (Å²) >= 11 is 0. The fraction of sp³-hybridized carbons (Fsp3) is 0. The molecular weight excluding hydrogens is 142 g/mol. The Kier molecular flexibility index (Phi) is 5.60. The lowest BCUT2D eigenvalue weighted by molar-refractivity contribution is 0.779. The van der Waals surface area contributed by atoms with Crippen molar-refractivity contribution in [3.63, 3.8) is 0 Å². The van der Waals surface area contributed by atoms with Crippen molar-refractivity contribution in [3.8, 4) is 0 Å². The van der Waals surface area contributed by atoms with Crippen molar-refractivity contribution in [3.05, 3.63) is 4.91 Å². The van der Waals surface area contributed by atoms with Crippen molar-refractivity contribution in [1.82, 2.24) is 0 Å². The zero-order valence-corrected chi connectivity index (χ0v) is 4.49. The maximum Gasteiger partial charge on any atom is 0.102 e. The van der Waals surface area contributed by atoms with Gasteiger partial charge in [-0.1, -0.05) is 0 Å². The summed E-state index contributed by atoms with van der Waals surface area (Å²) in [4.78, 5) is 9.18. The molecule has 0 spiro atoms. The van der Waals surface area contributed by atoms with Gasteiger partial charge in [-0.05, 0) is 20.9 Å². The third kappa shape index (κ3) is 6.00. The van der Waals surface area contributed by atoms with Crippen molar-refractivity contribution >= 4 is 0 Å². The Morgan fingerprint density at radius 3 is 1.80 bits per heavy atom. The summed E-state index contributed by atoms with van der Waals surface area (Å²) in [6.07, 6.45) is 0. The zero-order chi connectivity index (χ0) is 7.66. The molecule has 10 heavy (non-hydrogen) atoms. The van der Waals surface area contributed by atoms with E-state index < -0.39 is 0 Å². The van der Waals surface area contributed by atoms with Crippen LogP contribution in [0.4, 0.5) is 0 Å². The first-order chi connectivity index (χ1) is 4.91. The molecular formula is HN9O. The van der Waals surface area contributed by atoms with Crippen LogP contribution in [0.2, 0.25) is 0 Å². The largest absolute Gasteiger partial charge is 0.183 e. The van der Waals surface area contributed by atoms with E-state index in [0.29, 0.717) is 0 Å². The molecule has 0 heterocycles. The van der Waals surface area contributed by atoms with Gasteiger partial charge < -0.3 is 0 Å². The first-order valence-corrected chi connectivity index (χ1v) is 1.81. The predicted octanol–water partition coefficient (Wildman–Crippen LogP) is 1.80. The third-order valence-electron chi connectivity index (χ3n) is 0.281. The summed E-state index contributed by atoms with van der Waals surface area (Å²) in [7, 11) is 0. The quantitative estimate of drug-likeness (QED) is 0.357. The highest BCUT2D eigenvalue weighted by atomic mass is 16.3. The Balaban J connectivity index is 3.55. The molecule has 0 bridgehead atoms. The van der Waals surface area contributed by atoms with Crippen LogP contribution in [0, 0.1) is 10.4 Å². The second kappa shape index (κ2) is 7.00. The molecule has 0 fully saturated rings. The molecule has 10 heteroatoms. The number of hydrogen-bond acceptors (Lipinski definition) is 2. The van der Waals surface area contributed by atoms with E-state index in [1.807, 2.05) is 5.29 Å². The summed E-state index contributed by atoms with van der Waals surface area (Å²) in [5.74, 6) is 0. The first-order valence-electron chi connectivity index (χ1n) is 1.81. The molecule has 0 aliphatic heterocycles. The van der Waals surface area contributed by atoms with Gasteiger partial charge in [-0.25, -0.2) is 0 Å². The lowest BCUT2D eigenvalue weighted by Crippen LogP contribution is -1.46. The Morgan fingerprint density at radius 1 is 0.800 bits per heavy atom. The summed E-state index contributed by atoms with van der Waals surface area (Å²) in [5.41, 5.74) is 6.06. The van der Waals surface area contributed by atoms with Gasteiger partial charge in [-0.15, -0.1) is 4.91 Å². The Morgan fingerprint density at radius 2 is 1.30 bits per heavy atom. The maximum atomic E-state index is 9.18. The SMILES string of the molecule is N=N/N=N/N=N/N=N/N=O. The Bertz CT molecular complexity index is 153. The molecule has 0 aromatic heterocycles. The van der Waals surface area contributed by atoms with Gasteiger partial charge in [0.25, 0.3) is 0 Å². The molecule has 0 unspecified atom stereocenters. The van der Waals surface area contributed by atoms with Crippen LogP contribution in [-0.2, 0) is 0 Å². The van der Waals surface area contributed by atoms with Gasteiger partial charge in [0, 0.05) is 15.7 Å². The highest BCUT2D eigenvalue weighted by molar-refractivity contribution is 4.11. The molecule has 0 amide bonds. The minimum Gasteiger partial charge on any atom is -0.183 e. The van der Waals surface area contributed by atoms with Gasteiger partial charge in [0.15, 0.2) is 0 Å². The van der Waals surface area contributed by atoms with Crippen LogP contribution in [0.15, 0.2) is 41.8 Å². The second-order valence-electron chi connectivity index (χ2n) is 0.718. The summed E-state index contributed by atoms with van der Waals surface area (Å²) in [6.45, 7) is 0. The highest BCUT2D eigenvalue weighted by Crippen LogP contribution is 1.82. The van der Waals surface area contributed by atoms with Crippen molar-refractivity contribution in [2.75, 3.05) is 0 Å². The van der Waals surface area contributed by atoms with Crippen LogP contribution in [0.1, 0.15) is 0 Å². The van der Waals surface area contributed by atoms with E-state index in [9.17, 15) is 4.91 Å². The maximum absolute atomic E-state index is 9.18. The molecule has 0 radical (unpaired) electrons. The van der Waals surface area contributed by atoms with Gasteiger partial charge in [-0.2, -0.15) is 5.53 Å². The molecule has 0 aromatic carbocycles. The van der Waals surface area contributed by atoms with E-state index in [2.05, 4.69) is 36.6 Å². The molecule has 0 atom stereocenters. The van der Waals surface area contributed by atoms with Crippen LogP contribution in [0.5, 0.6) is 0 Å². The third-order valence-corrected chi connectivity index (χ3v) is 0.281. The molecule has 0 aliphatic rings. The normalized spacial score (nSPS) is 11.6. The number of nitrogens with one attached hydrogen (secondary N) is 1. The van der Waals surface area contributed by atoms with Crippen molar-refractivity contribution in [1.29, 1.82) is 5.53 Å². The molecule has 52 valence electrons. The smallest absolute Gasteiger partial charge is 0.102 e. The Hall–Kier alpha value is -2.00. The topological polar surface area (TPSA) is 140 Å².